The van der Waals surface area contributed by atoms with Gasteiger partial charge in [-0.15, -0.1) is 0 Å². The molecular weight excluding hydrogens is 428 g/mol. The van der Waals surface area contributed by atoms with Gasteiger partial charge in [-0.1, -0.05) is 32.0 Å². The molecule has 2 aromatic carbocycles. The Kier molecular flexibility index (Phi) is 6.96. The molecule has 6 heteroatoms. The molecule has 34 heavy (non-hydrogen) atoms. The number of nitrogens with one attached hydrogen (secondary N) is 1. The van der Waals surface area contributed by atoms with Crippen molar-refractivity contribution in [2.45, 2.75) is 46.5 Å². The van der Waals surface area contributed by atoms with Crippen LogP contribution in [0.3, 0.4) is 0 Å². The van der Waals surface area contributed by atoms with Gasteiger partial charge in [-0.3, -0.25) is 4.79 Å². The first-order chi connectivity index (χ1) is 16.3. The highest BCUT2D eigenvalue weighted by molar-refractivity contribution is 5.95. The number of ether oxygens (including phenoxy) is 1. The second kappa shape index (κ2) is 9.92. The Morgan fingerprint density at radius 1 is 1.15 bits per heavy atom. The third-order valence-electron chi connectivity index (χ3n) is 6.74. The smallest absolute Gasteiger partial charge is 0.339 e. The van der Waals surface area contributed by atoms with Crippen LogP contribution in [-0.4, -0.2) is 32.7 Å². The van der Waals surface area contributed by atoms with Crippen molar-refractivity contribution in [3.63, 3.8) is 0 Å². The van der Waals surface area contributed by atoms with Crippen LogP contribution in [0.25, 0.3) is 11.0 Å². The fraction of sp³-hybridized carbons (Fsp3) is 0.429. The zero-order chi connectivity index (χ0) is 24.3. The van der Waals surface area contributed by atoms with E-state index >= 15 is 0 Å². The number of esters is 1. The Bertz CT molecular complexity index is 1230. The zero-order valence-corrected chi connectivity index (χ0v) is 20.6. The van der Waals surface area contributed by atoms with Gasteiger partial charge in [-0.05, 0) is 67.3 Å². The molecule has 3 aromatic rings. The third-order valence-corrected chi connectivity index (χ3v) is 6.74. The van der Waals surface area contributed by atoms with Gasteiger partial charge in [-0.25, -0.2) is 4.79 Å². The normalized spacial score (nSPS) is 15.4. The molecule has 0 spiro atoms. The number of para-hydroxylation sites is 1. The standard InChI is InChI=1S/C28H34N2O4/c1-19-16-20(8-7-13-29-23-10-6-5-9-21(23)27(32)33-4)26-22(17-19)24(31)18-25(34-26)30-14-11-28(2,3)12-15-30/h5-6,9-10,16-18,29H,7-8,11-15H2,1-4H3. The molecule has 4 rings (SSSR count). The average molecular weight is 463 g/mol. The van der Waals surface area contributed by atoms with E-state index in [-0.39, 0.29) is 11.4 Å². The number of hydrogen-bond donors (Lipinski definition) is 1. The largest absolute Gasteiger partial charge is 0.465 e. The maximum atomic E-state index is 13.0. The molecule has 0 amide bonds. The number of methoxy groups -OCH3 is 1. The van der Waals surface area contributed by atoms with Crippen molar-refractivity contribution in [1.82, 2.24) is 0 Å². The van der Waals surface area contributed by atoms with E-state index < -0.39 is 0 Å². The van der Waals surface area contributed by atoms with Gasteiger partial charge in [0.05, 0.1) is 18.1 Å². The van der Waals surface area contributed by atoms with Crippen LogP contribution in [0.1, 0.15) is 54.6 Å². The van der Waals surface area contributed by atoms with E-state index in [1.165, 1.54) is 7.11 Å². The lowest BCUT2D eigenvalue weighted by molar-refractivity contribution is 0.0602. The van der Waals surface area contributed by atoms with Gasteiger partial charge in [0, 0.05) is 31.4 Å². The van der Waals surface area contributed by atoms with E-state index in [0.29, 0.717) is 34.4 Å². The molecule has 0 radical (unpaired) electrons. The van der Waals surface area contributed by atoms with Crippen molar-refractivity contribution in [1.29, 1.82) is 0 Å². The molecular formula is C28H34N2O4. The lowest BCUT2D eigenvalue weighted by atomic mass is 9.83. The van der Waals surface area contributed by atoms with E-state index in [9.17, 15) is 9.59 Å². The number of nitrogens with zero attached hydrogens (tertiary/aromatic N) is 1. The summed E-state index contributed by atoms with van der Waals surface area (Å²) in [5.74, 6) is 0.311. The summed E-state index contributed by atoms with van der Waals surface area (Å²) in [4.78, 5) is 27.2. The number of fused-ring (bicyclic) bond motifs is 1. The first-order valence-electron chi connectivity index (χ1n) is 12.0. The molecule has 180 valence electrons. The lowest BCUT2D eigenvalue weighted by Gasteiger charge is -2.37. The highest BCUT2D eigenvalue weighted by Gasteiger charge is 2.27. The van der Waals surface area contributed by atoms with Gasteiger partial charge in [0.25, 0.3) is 0 Å². The van der Waals surface area contributed by atoms with Crippen LogP contribution in [0, 0.1) is 12.3 Å². The van der Waals surface area contributed by atoms with Crippen molar-refractivity contribution < 1.29 is 13.9 Å². The monoisotopic (exact) mass is 462 g/mol. The van der Waals surface area contributed by atoms with Crippen LogP contribution in [0.15, 0.2) is 51.7 Å². The van der Waals surface area contributed by atoms with Gasteiger partial charge in [0.1, 0.15) is 5.58 Å². The van der Waals surface area contributed by atoms with E-state index in [1.54, 1.807) is 12.1 Å². The molecule has 0 unspecified atom stereocenters. The predicted molar refractivity (Wildman–Crippen MR) is 137 cm³/mol. The van der Waals surface area contributed by atoms with E-state index in [2.05, 4.69) is 30.1 Å². The minimum atomic E-state index is -0.358. The Morgan fingerprint density at radius 3 is 2.62 bits per heavy atom. The molecule has 1 saturated heterocycles. The van der Waals surface area contributed by atoms with Gasteiger partial charge < -0.3 is 19.4 Å². The number of rotatable bonds is 7. The van der Waals surface area contributed by atoms with Crippen LogP contribution < -0.4 is 15.6 Å². The van der Waals surface area contributed by atoms with E-state index in [4.69, 9.17) is 9.15 Å². The van der Waals surface area contributed by atoms with Crippen molar-refractivity contribution in [3.05, 3.63) is 69.4 Å². The average Bonchev–Trinajstić information content (AvgIpc) is 2.82. The highest BCUT2D eigenvalue weighted by Crippen LogP contribution is 2.33. The van der Waals surface area contributed by atoms with Gasteiger partial charge in [-0.2, -0.15) is 0 Å². The molecule has 2 heterocycles. The first-order valence-corrected chi connectivity index (χ1v) is 12.0. The number of aryl methyl sites for hydroxylation is 2. The van der Waals surface area contributed by atoms with Crippen molar-refractivity contribution in [2.24, 2.45) is 5.41 Å². The Balaban J connectivity index is 1.52. The predicted octanol–water partition coefficient (Wildman–Crippen LogP) is 5.56. The minimum absolute atomic E-state index is 0.0103. The van der Waals surface area contributed by atoms with Crippen LogP contribution in [0.5, 0.6) is 0 Å². The fourth-order valence-electron chi connectivity index (χ4n) is 4.58. The molecule has 1 aromatic heterocycles. The zero-order valence-electron chi connectivity index (χ0n) is 20.6. The number of carbonyl (C=O) groups is 1. The Hall–Kier alpha value is -3.28. The highest BCUT2D eigenvalue weighted by atomic mass is 16.5. The second-order valence-corrected chi connectivity index (χ2v) is 9.97. The van der Waals surface area contributed by atoms with Crippen molar-refractivity contribution in [3.8, 4) is 0 Å². The number of anilines is 2. The molecule has 0 atom stereocenters. The van der Waals surface area contributed by atoms with Gasteiger partial charge >= 0.3 is 5.97 Å². The molecule has 0 saturated carbocycles. The van der Waals surface area contributed by atoms with E-state index in [0.717, 1.165) is 55.6 Å². The first kappa shape index (κ1) is 23.9. The van der Waals surface area contributed by atoms with E-state index in [1.807, 2.05) is 31.2 Å². The molecule has 0 aliphatic carbocycles. The summed E-state index contributed by atoms with van der Waals surface area (Å²) in [7, 11) is 1.38. The summed E-state index contributed by atoms with van der Waals surface area (Å²) >= 11 is 0. The summed E-state index contributed by atoms with van der Waals surface area (Å²) in [6.07, 6.45) is 3.73. The number of piperidine rings is 1. The number of carbonyl (C=O) groups excluding carboxylic acids is 1. The summed E-state index contributed by atoms with van der Waals surface area (Å²) in [5.41, 5.74) is 4.39. The molecule has 1 aliphatic rings. The molecule has 1 aliphatic heterocycles. The van der Waals surface area contributed by atoms with Crippen LogP contribution in [0.2, 0.25) is 0 Å². The minimum Gasteiger partial charge on any atom is -0.465 e. The fourth-order valence-corrected chi connectivity index (χ4v) is 4.58. The topological polar surface area (TPSA) is 71.8 Å². The Labute approximate surface area is 200 Å². The molecule has 1 fully saturated rings. The summed E-state index contributed by atoms with van der Waals surface area (Å²) in [6, 6.07) is 13.0. The number of hydrogen-bond acceptors (Lipinski definition) is 6. The molecule has 0 bridgehead atoms. The molecule has 6 nitrogen and oxygen atoms in total. The van der Waals surface area contributed by atoms with Crippen molar-refractivity contribution in [2.75, 3.05) is 37.0 Å². The quantitative estimate of drug-likeness (QED) is 0.366. The maximum absolute atomic E-state index is 13.0. The SMILES string of the molecule is COC(=O)c1ccccc1NCCCc1cc(C)cc2c(=O)cc(N3CCC(C)(C)CC3)oc12. The molecule has 1 N–H and O–H groups in total. The lowest BCUT2D eigenvalue weighted by Crippen LogP contribution is -2.37. The summed E-state index contributed by atoms with van der Waals surface area (Å²) < 4.78 is 11.2. The van der Waals surface area contributed by atoms with Crippen LogP contribution in [0.4, 0.5) is 11.6 Å². The second-order valence-electron chi connectivity index (χ2n) is 9.97. The maximum Gasteiger partial charge on any atom is 0.339 e. The van der Waals surface area contributed by atoms with Gasteiger partial charge in [0.2, 0.25) is 0 Å². The third kappa shape index (κ3) is 5.27. The summed E-state index contributed by atoms with van der Waals surface area (Å²) in [5, 5.41) is 3.98. The summed E-state index contributed by atoms with van der Waals surface area (Å²) in [6.45, 7) is 9.06. The van der Waals surface area contributed by atoms with Crippen LogP contribution in [-0.2, 0) is 11.2 Å². The van der Waals surface area contributed by atoms with Gasteiger partial charge in [0.15, 0.2) is 11.3 Å². The van der Waals surface area contributed by atoms with Crippen LogP contribution >= 0.6 is 0 Å². The van der Waals surface area contributed by atoms with Crippen molar-refractivity contribution >= 4 is 28.5 Å². The Morgan fingerprint density at radius 2 is 1.88 bits per heavy atom. The number of benzene rings is 2.